The fraction of sp³-hybridized carbons (Fsp3) is 0.786. The highest BCUT2D eigenvalue weighted by Crippen LogP contribution is 2.32. The Balaban J connectivity index is 0.00000133. The standard InChI is InChI=1S/C14H23N3S.ClH/c1-14(4-5-15-10-14)11-17-7-2-12(3-8-17)13-16-6-9-18-13;/h6,9,12,15H,2-5,7-8,10-11H2,1H3;1H. The van der Waals surface area contributed by atoms with Gasteiger partial charge in [0.25, 0.3) is 0 Å². The quantitative estimate of drug-likeness (QED) is 0.930. The van der Waals surface area contributed by atoms with Gasteiger partial charge >= 0.3 is 0 Å². The second-order valence-corrected chi connectivity index (χ2v) is 7.08. The summed E-state index contributed by atoms with van der Waals surface area (Å²) in [5.41, 5.74) is 0.508. The van der Waals surface area contributed by atoms with Gasteiger partial charge in [-0.15, -0.1) is 23.7 Å². The predicted molar refractivity (Wildman–Crippen MR) is 83.4 cm³/mol. The summed E-state index contributed by atoms with van der Waals surface area (Å²) < 4.78 is 0. The highest BCUT2D eigenvalue weighted by atomic mass is 35.5. The van der Waals surface area contributed by atoms with Crippen molar-refractivity contribution < 1.29 is 0 Å². The van der Waals surface area contributed by atoms with Crippen LogP contribution in [0.25, 0.3) is 0 Å². The van der Waals surface area contributed by atoms with Crippen molar-refractivity contribution in [2.45, 2.75) is 32.1 Å². The number of thiazole rings is 1. The monoisotopic (exact) mass is 301 g/mol. The van der Waals surface area contributed by atoms with E-state index in [9.17, 15) is 0 Å². The fourth-order valence-electron chi connectivity index (χ4n) is 3.32. The van der Waals surface area contributed by atoms with Gasteiger partial charge in [-0.25, -0.2) is 4.98 Å². The van der Waals surface area contributed by atoms with Crippen molar-refractivity contribution in [3.05, 3.63) is 16.6 Å². The molecule has 0 saturated carbocycles. The lowest BCUT2D eigenvalue weighted by Crippen LogP contribution is -2.41. The van der Waals surface area contributed by atoms with Gasteiger partial charge in [-0.1, -0.05) is 6.92 Å². The van der Waals surface area contributed by atoms with E-state index in [2.05, 4.69) is 27.5 Å². The number of piperidine rings is 1. The van der Waals surface area contributed by atoms with E-state index in [-0.39, 0.29) is 12.4 Å². The molecular formula is C14H24ClN3S. The first-order valence-corrected chi connectivity index (χ1v) is 7.96. The number of rotatable bonds is 3. The fourth-order valence-corrected chi connectivity index (χ4v) is 4.13. The van der Waals surface area contributed by atoms with Crippen LogP contribution in [0.4, 0.5) is 0 Å². The molecule has 3 rings (SSSR count). The van der Waals surface area contributed by atoms with Crippen LogP contribution in [-0.2, 0) is 0 Å². The van der Waals surface area contributed by atoms with Crippen LogP contribution in [0.5, 0.6) is 0 Å². The molecule has 19 heavy (non-hydrogen) atoms. The molecule has 0 spiro atoms. The zero-order valence-corrected chi connectivity index (χ0v) is 13.2. The lowest BCUT2D eigenvalue weighted by atomic mass is 9.87. The van der Waals surface area contributed by atoms with E-state index in [0.29, 0.717) is 5.41 Å². The smallest absolute Gasteiger partial charge is 0.0956 e. The molecule has 1 aromatic heterocycles. The van der Waals surface area contributed by atoms with Crippen LogP contribution < -0.4 is 5.32 Å². The molecule has 0 aromatic carbocycles. The van der Waals surface area contributed by atoms with Crippen molar-refractivity contribution in [2.24, 2.45) is 5.41 Å². The summed E-state index contributed by atoms with van der Waals surface area (Å²) in [7, 11) is 0. The summed E-state index contributed by atoms with van der Waals surface area (Å²) in [6.45, 7) is 8.59. The Labute approximate surface area is 126 Å². The van der Waals surface area contributed by atoms with Crippen LogP contribution in [0.2, 0.25) is 0 Å². The van der Waals surface area contributed by atoms with Gasteiger partial charge in [-0.3, -0.25) is 0 Å². The molecule has 2 saturated heterocycles. The second-order valence-electron chi connectivity index (χ2n) is 6.16. The van der Waals surface area contributed by atoms with E-state index in [0.717, 1.165) is 5.92 Å². The summed E-state index contributed by atoms with van der Waals surface area (Å²) in [6.07, 6.45) is 5.85. The highest BCUT2D eigenvalue weighted by Gasteiger charge is 2.32. The number of nitrogens with zero attached hydrogens (tertiary/aromatic N) is 2. The van der Waals surface area contributed by atoms with Crippen molar-refractivity contribution >= 4 is 23.7 Å². The molecule has 0 amide bonds. The van der Waals surface area contributed by atoms with Crippen LogP contribution in [-0.4, -0.2) is 42.6 Å². The SMILES string of the molecule is CC1(CN2CCC(c3nccs3)CC2)CCNC1.Cl. The lowest BCUT2D eigenvalue weighted by molar-refractivity contribution is 0.144. The number of hydrogen-bond donors (Lipinski definition) is 1. The summed E-state index contributed by atoms with van der Waals surface area (Å²) >= 11 is 1.82. The minimum absolute atomic E-state index is 0. The van der Waals surface area contributed by atoms with Gasteiger partial charge in [0.05, 0.1) is 5.01 Å². The van der Waals surface area contributed by atoms with E-state index in [1.165, 1.54) is 57.0 Å². The summed E-state index contributed by atoms with van der Waals surface area (Å²) in [6, 6.07) is 0. The van der Waals surface area contributed by atoms with Gasteiger partial charge in [-0.2, -0.15) is 0 Å². The van der Waals surface area contributed by atoms with Crippen molar-refractivity contribution in [1.82, 2.24) is 15.2 Å². The Morgan fingerprint density at radius 1 is 1.47 bits per heavy atom. The molecular weight excluding hydrogens is 278 g/mol. The average molecular weight is 302 g/mol. The molecule has 1 aromatic rings. The third kappa shape index (κ3) is 3.69. The van der Waals surface area contributed by atoms with Crippen molar-refractivity contribution in [3.8, 4) is 0 Å². The zero-order valence-electron chi connectivity index (χ0n) is 11.6. The first kappa shape index (κ1) is 15.2. The topological polar surface area (TPSA) is 28.2 Å². The molecule has 2 aliphatic heterocycles. The van der Waals surface area contributed by atoms with Crippen molar-refractivity contribution in [1.29, 1.82) is 0 Å². The Kier molecular flexibility index (Phi) is 5.23. The molecule has 0 bridgehead atoms. The van der Waals surface area contributed by atoms with Crippen molar-refractivity contribution in [3.63, 3.8) is 0 Å². The number of aromatic nitrogens is 1. The summed E-state index contributed by atoms with van der Waals surface area (Å²) in [5.74, 6) is 0.718. The van der Waals surface area contributed by atoms with Crippen LogP contribution in [0.3, 0.4) is 0 Å². The molecule has 0 radical (unpaired) electrons. The Bertz CT molecular complexity index is 368. The number of nitrogens with one attached hydrogen (secondary N) is 1. The minimum atomic E-state index is 0. The van der Waals surface area contributed by atoms with E-state index in [4.69, 9.17) is 0 Å². The largest absolute Gasteiger partial charge is 0.316 e. The lowest BCUT2D eigenvalue weighted by Gasteiger charge is -2.36. The number of hydrogen-bond acceptors (Lipinski definition) is 4. The number of halogens is 1. The third-order valence-electron chi connectivity index (χ3n) is 4.45. The highest BCUT2D eigenvalue weighted by molar-refractivity contribution is 7.09. The molecule has 2 fully saturated rings. The summed E-state index contributed by atoms with van der Waals surface area (Å²) in [5, 5.41) is 6.95. The molecule has 0 aliphatic carbocycles. The van der Waals surface area contributed by atoms with Crippen LogP contribution >= 0.6 is 23.7 Å². The normalized spacial score (nSPS) is 29.3. The Morgan fingerprint density at radius 3 is 2.84 bits per heavy atom. The molecule has 1 N–H and O–H groups in total. The molecule has 1 atom stereocenters. The molecule has 3 nitrogen and oxygen atoms in total. The van der Waals surface area contributed by atoms with Crippen molar-refractivity contribution in [2.75, 3.05) is 32.7 Å². The average Bonchev–Trinajstić information content (AvgIpc) is 3.02. The Hall–Kier alpha value is -0.160. The second kappa shape index (κ2) is 6.53. The van der Waals surface area contributed by atoms with Crippen LogP contribution in [0.15, 0.2) is 11.6 Å². The van der Waals surface area contributed by atoms with Gasteiger partial charge in [0.2, 0.25) is 0 Å². The van der Waals surface area contributed by atoms with E-state index < -0.39 is 0 Å². The van der Waals surface area contributed by atoms with Crippen LogP contribution in [0, 0.1) is 5.41 Å². The first-order chi connectivity index (χ1) is 8.75. The maximum Gasteiger partial charge on any atom is 0.0956 e. The van der Waals surface area contributed by atoms with Gasteiger partial charge in [0.15, 0.2) is 0 Å². The molecule has 5 heteroatoms. The Morgan fingerprint density at radius 2 is 2.26 bits per heavy atom. The number of likely N-dealkylation sites (tertiary alicyclic amines) is 1. The zero-order chi connectivity index (χ0) is 12.4. The molecule has 1 unspecified atom stereocenters. The maximum atomic E-state index is 4.47. The summed E-state index contributed by atoms with van der Waals surface area (Å²) in [4.78, 5) is 7.14. The van der Waals surface area contributed by atoms with Gasteiger partial charge in [0, 0.05) is 30.6 Å². The van der Waals surface area contributed by atoms with Gasteiger partial charge in [0.1, 0.15) is 0 Å². The molecule has 108 valence electrons. The van der Waals surface area contributed by atoms with Gasteiger partial charge in [-0.05, 0) is 44.3 Å². The van der Waals surface area contributed by atoms with E-state index in [1.807, 2.05) is 17.5 Å². The van der Waals surface area contributed by atoms with E-state index in [1.54, 1.807) is 0 Å². The first-order valence-electron chi connectivity index (χ1n) is 7.08. The van der Waals surface area contributed by atoms with Gasteiger partial charge < -0.3 is 10.2 Å². The molecule has 3 heterocycles. The van der Waals surface area contributed by atoms with Crippen LogP contribution in [0.1, 0.15) is 37.1 Å². The predicted octanol–water partition coefficient (Wildman–Crippen LogP) is 2.74. The van der Waals surface area contributed by atoms with E-state index >= 15 is 0 Å². The maximum absolute atomic E-state index is 4.47. The minimum Gasteiger partial charge on any atom is -0.316 e. The third-order valence-corrected chi connectivity index (χ3v) is 5.39. The molecule has 2 aliphatic rings.